The van der Waals surface area contributed by atoms with Gasteiger partial charge >= 0.3 is 18.2 Å². The van der Waals surface area contributed by atoms with Crippen LogP contribution in [0, 0.1) is 0 Å². The Morgan fingerprint density at radius 1 is 0.912 bits per heavy atom. The van der Waals surface area contributed by atoms with Crippen LogP contribution >= 0.6 is 0 Å². The molecule has 308 valence electrons. The van der Waals surface area contributed by atoms with E-state index in [0.29, 0.717) is 55.2 Å². The van der Waals surface area contributed by atoms with Gasteiger partial charge in [-0.15, -0.1) is 0 Å². The molecule has 3 N–H and O–H groups in total. The van der Waals surface area contributed by atoms with Crippen molar-refractivity contribution in [3.63, 3.8) is 0 Å². The van der Waals surface area contributed by atoms with Gasteiger partial charge in [0.05, 0.1) is 24.4 Å². The van der Waals surface area contributed by atoms with Crippen molar-refractivity contribution in [2.24, 2.45) is 15.7 Å². The SMILES string of the molecule is C=Nc1cc(C(=O)N(CCC(=O)OC(C)OC(=O)OC(CC)CCC)c2ccccn2)ccc1N(C)CCNc1ccc(/C(N)=N/C(=O)OCCCCCC)cc1. The zero-order chi connectivity index (χ0) is 41.6. The molecule has 0 bridgehead atoms. The Kier molecular flexibility index (Phi) is 19.5. The highest BCUT2D eigenvalue weighted by atomic mass is 16.8. The number of hydrogen-bond donors (Lipinski definition) is 2. The van der Waals surface area contributed by atoms with Crippen molar-refractivity contribution in [1.82, 2.24) is 4.98 Å². The van der Waals surface area contributed by atoms with Crippen LogP contribution in [0.15, 0.2) is 76.8 Å². The summed E-state index contributed by atoms with van der Waals surface area (Å²) in [6.07, 6.45) is 4.47. The fourth-order valence-electron chi connectivity index (χ4n) is 5.66. The molecule has 0 radical (unpaired) electrons. The Morgan fingerprint density at radius 3 is 2.33 bits per heavy atom. The third-order valence-electron chi connectivity index (χ3n) is 8.80. The second-order valence-corrected chi connectivity index (χ2v) is 13.2. The summed E-state index contributed by atoms with van der Waals surface area (Å²) in [7, 11) is 1.90. The number of carbonyl (C=O) groups is 4. The van der Waals surface area contributed by atoms with Gasteiger partial charge in [-0.1, -0.05) is 52.5 Å². The minimum atomic E-state index is -1.18. The molecule has 0 fully saturated rings. The van der Waals surface area contributed by atoms with Crippen molar-refractivity contribution in [1.29, 1.82) is 0 Å². The van der Waals surface area contributed by atoms with Crippen LogP contribution in [0.5, 0.6) is 0 Å². The molecule has 0 spiro atoms. The van der Waals surface area contributed by atoms with Gasteiger partial charge in [0.25, 0.3) is 5.91 Å². The van der Waals surface area contributed by atoms with Crippen molar-refractivity contribution >= 4 is 59.6 Å². The lowest BCUT2D eigenvalue weighted by Crippen LogP contribution is -2.34. The quantitative estimate of drug-likeness (QED) is 0.0236. The maximum Gasteiger partial charge on any atom is 0.511 e. The highest BCUT2D eigenvalue weighted by molar-refractivity contribution is 6.07. The van der Waals surface area contributed by atoms with E-state index in [2.05, 4.69) is 33.9 Å². The number of anilines is 3. The van der Waals surface area contributed by atoms with E-state index in [1.165, 1.54) is 11.8 Å². The average molecular weight is 788 g/mol. The predicted molar refractivity (Wildman–Crippen MR) is 223 cm³/mol. The number of nitrogens with zero attached hydrogens (tertiary/aromatic N) is 5. The summed E-state index contributed by atoms with van der Waals surface area (Å²) in [5.74, 6) is -0.669. The summed E-state index contributed by atoms with van der Waals surface area (Å²) in [4.78, 5) is 66.6. The number of amides is 2. The monoisotopic (exact) mass is 787 g/mol. The number of likely N-dealkylation sites (N-methyl/N-ethyl adjacent to an activating group) is 1. The lowest BCUT2D eigenvalue weighted by molar-refractivity contribution is -0.168. The van der Waals surface area contributed by atoms with Crippen molar-refractivity contribution in [2.75, 3.05) is 48.4 Å². The van der Waals surface area contributed by atoms with E-state index in [0.717, 1.165) is 43.5 Å². The lowest BCUT2D eigenvalue weighted by atomic mass is 10.1. The molecular formula is C42H57N7O8. The fraction of sp³-hybridized carbons (Fsp3) is 0.452. The molecule has 2 atom stereocenters. The third kappa shape index (κ3) is 15.6. The fourth-order valence-corrected chi connectivity index (χ4v) is 5.66. The summed E-state index contributed by atoms with van der Waals surface area (Å²) in [6.45, 7) is 12.6. The number of unbranched alkanes of at least 4 members (excludes halogenated alkanes) is 3. The molecule has 0 saturated carbocycles. The number of nitrogens with one attached hydrogen (secondary N) is 1. The van der Waals surface area contributed by atoms with Crippen LogP contribution in [0.1, 0.15) is 95.0 Å². The first-order valence-corrected chi connectivity index (χ1v) is 19.5. The van der Waals surface area contributed by atoms with Gasteiger partial charge in [0.2, 0.25) is 6.29 Å². The van der Waals surface area contributed by atoms with Gasteiger partial charge in [-0.05, 0) is 80.6 Å². The molecule has 2 amide bonds. The second kappa shape index (κ2) is 24.5. The number of carbonyl (C=O) groups excluding carboxylic acids is 4. The molecule has 0 aliphatic carbocycles. The van der Waals surface area contributed by atoms with E-state index in [1.807, 2.05) is 37.9 Å². The normalized spacial score (nSPS) is 12.1. The molecular weight excluding hydrogens is 731 g/mol. The van der Waals surface area contributed by atoms with Gasteiger partial charge in [0.1, 0.15) is 17.8 Å². The highest BCUT2D eigenvalue weighted by Crippen LogP contribution is 2.30. The first-order chi connectivity index (χ1) is 27.5. The zero-order valence-electron chi connectivity index (χ0n) is 33.8. The molecule has 3 rings (SSSR count). The molecule has 0 saturated heterocycles. The average Bonchev–Trinajstić information content (AvgIpc) is 3.20. The largest absolute Gasteiger partial charge is 0.511 e. The van der Waals surface area contributed by atoms with E-state index in [1.54, 1.807) is 54.7 Å². The van der Waals surface area contributed by atoms with Crippen LogP contribution in [0.2, 0.25) is 0 Å². The smallest absolute Gasteiger partial charge is 0.448 e. The lowest BCUT2D eigenvalue weighted by Gasteiger charge is -2.24. The first kappa shape index (κ1) is 45.4. The van der Waals surface area contributed by atoms with Gasteiger partial charge in [-0.2, -0.15) is 4.99 Å². The molecule has 57 heavy (non-hydrogen) atoms. The molecule has 15 heteroatoms. The van der Waals surface area contributed by atoms with Crippen molar-refractivity contribution in [3.05, 3.63) is 78.0 Å². The highest BCUT2D eigenvalue weighted by Gasteiger charge is 2.24. The van der Waals surface area contributed by atoms with E-state index in [-0.39, 0.29) is 24.9 Å². The maximum absolute atomic E-state index is 13.9. The van der Waals surface area contributed by atoms with Gasteiger partial charge in [-0.25, -0.2) is 14.6 Å². The summed E-state index contributed by atoms with van der Waals surface area (Å²) in [5, 5.41) is 3.36. The predicted octanol–water partition coefficient (Wildman–Crippen LogP) is 8.04. The van der Waals surface area contributed by atoms with Crippen LogP contribution in [0.4, 0.5) is 32.5 Å². The number of nitrogens with two attached hydrogens (primary N) is 1. The number of amidine groups is 1. The van der Waals surface area contributed by atoms with Gasteiger partial charge < -0.3 is 34.9 Å². The molecule has 1 aromatic heterocycles. The number of rotatable bonds is 23. The number of hydrogen-bond acceptors (Lipinski definition) is 12. The second-order valence-electron chi connectivity index (χ2n) is 13.2. The molecule has 3 aromatic rings. The summed E-state index contributed by atoms with van der Waals surface area (Å²) >= 11 is 0. The Balaban J connectivity index is 1.58. The summed E-state index contributed by atoms with van der Waals surface area (Å²) in [6, 6.07) is 17.5. The van der Waals surface area contributed by atoms with Gasteiger partial charge in [0, 0.05) is 56.6 Å². The first-order valence-electron chi connectivity index (χ1n) is 19.5. The van der Waals surface area contributed by atoms with Crippen LogP contribution < -0.4 is 20.9 Å². The Hall–Kier alpha value is -5.99. The zero-order valence-corrected chi connectivity index (χ0v) is 33.8. The molecule has 1 heterocycles. The van der Waals surface area contributed by atoms with Crippen molar-refractivity contribution in [3.8, 4) is 0 Å². The minimum absolute atomic E-state index is 0.0590. The van der Waals surface area contributed by atoms with E-state index in [9.17, 15) is 19.2 Å². The third-order valence-corrected chi connectivity index (χ3v) is 8.80. The topological polar surface area (TPSA) is 187 Å². The Morgan fingerprint density at radius 2 is 1.67 bits per heavy atom. The molecule has 2 unspecified atom stereocenters. The number of ether oxygens (including phenoxy) is 4. The summed E-state index contributed by atoms with van der Waals surface area (Å²) < 4.78 is 20.8. The Labute approximate surface area is 335 Å². The number of esters is 1. The molecule has 0 aliphatic heterocycles. The van der Waals surface area contributed by atoms with Gasteiger partial charge in [0.15, 0.2) is 0 Å². The van der Waals surface area contributed by atoms with Crippen molar-refractivity contribution in [2.45, 2.75) is 91.5 Å². The molecule has 0 aliphatic rings. The maximum atomic E-state index is 13.9. The standard InChI is InChI=1S/C42H57N7O8/c1-7-10-11-14-28-54-41(52)47-39(43)31-17-20-33(21-18-31)45-25-27-48(6)36-22-19-32(29-35(36)44-5)40(51)49(37-16-12-13-24-46-37)26-23-38(50)55-30(4)56-42(53)57-34(9-3)15-8-2/h12-13,16-22,24,29-30,34,45H,5,7-11,14-15,23,25-28H2,1-4,6H3,(H2,43,47,52). The molecule has 2 aromatic carbocycles. The minimum Gasteiger partial charge on any atom is -0.448 e. The number of benzene rings is 2. The molecule has 15 nitrogen and oxygen atoms in total. The van der Waals surface area contributed by atoms with E-state index < -0.39 is 30.4 Å². The van der Waals surface area contributed by atoms with Gasteiger partial charge in [-0.3, -0.25) is 19.5 Å². The number of pyridine rings is 1. The van der Waals surface area contributed by atoms with Crippen LogP contribution in [-0.4, -0.2) is 87.3 Å². The summed E-state index contributed by atoms with van der Waals surface area (Å²) in [5.41, 5.74) is 9.03. The Bertz CT molecular complexity index is 1770. The van der Waals surface area contributed by atoms with E-state index >= 15 is 0 Å². The number of aliphatic imine (C=N–C) groups is 2. The van der Waals surface area contributed by atoms with E-state index in [4.69, 9.17) is 24.7 Å². The van der Waals surface area contributed by atoms with Crippen molar-refractivity contribution < 1.29 is 38.1 Å². The van der Waals surface area contributed by atoms with Crippen LogP contribution in [0.25, 0.3) is 0 Å². The van der Waals surface area contributed by atoms with Crippen LogP contribution in [0.3, 0.4) is 0 Å². The van der Waals surface area contributed by atoms with Crippen LogP contribution in [-0.2, 0) is 23.7 Å². The number of aromatic nitrogens is 1.